The van der Waals surface area contributed by atoms with Crippen molar-refractivity contribution in [1.29, 1.82) is 0 Å². The normalized spacial score (nSPS) is 16.9. The van der Waals surface area contributed by atoms with Crippen molar-refractivity contribution < 1.29 is 9.72 Å². The number of hydrogen-bond acceptors (Lipinski definition) is 5. The third-order valence-electron chi connectivity index (χ3n) is 4.79. The lowest BCUT2D eigenvalue weighted by atomic mass is 9.93. The Morgan fingerprint density at radius 1 is 1.36 bits per heavy atom. The van der Waals surface area contributed by atoms with E-state index in [2.05, 4.69) is 26.0 Å². The zero-order chi connectivity index (χ0) is 19.8. The number of carbonyl (C=O) groups is 1. The molecular formula is C19H16BrN5O3. The van der Waals surface area contributed by atoms with E-state index in [1.165, 1.54) is 6.07 Å². The molecule has 0 radical (unpaired) electrons. The monoisotopic (exact) mass is 441 g/mol. The predicted octanol–water partition coefficient (Wildman–Crippen LogP) is 3.72. The van der Waals surface area contributed by atoms with E-state index in [1.54, 1.807) is 46.1 Å². The first-order valence-electron chi connectivity index (χ1n) is 8.69. The summed E-state index contributed by atoms with van der Waals surface area (Å²) in [6.45, 7) is 2.30. The molecule has 28 heavy (non-hydrogen) atoms. The van der Waals surface area contributed by atoms with Gasteiger partial charge in [0.2, 0.25) is 0 Å². The van der Waals surface area contributed by atoms with E-state index in [0.717, 1.165) is 10.0 Å². The first kappa shape index (κ1) is 18.3. The standard InChI is InChI=1S/C19H16BrN5O3/c1-12-8-13(15-4-2-3-5-17(15)25(27)28)6-7-23(12)19(26)16-9-18-21-10-14(20)11-24(18)22-16/h2-6,9-12H,7-8H2,1H3. The van der Waals surface area contributed by atoms with Crippen molar-refractivity contribution in [3.63, 3.8) is 0 Å². The number of amides is 1. The van der Waals surface area contributed by atoms with Crippen LogP contribution in [0.5, 0.6) is 0 Å². The Morgan fingerprint density at radius 3 is 2.89 bits per heavy atom. The van der Waals surface area contributed by atoms with Gasteiger partial charge in [0.05, 0.1) is 15.0 Å². The van der Waals surface area contributed by atoms with Gasteiger partial charge in [-0.3, -0.25) is 14.9 Å². The number of halogens is 1. The maximum atomic E-state index is 13.0. The van der Waals surface area contributed by atoms with E-state index in [0.29, 0.717) is 29.9 Å². The highest BCUT2D eigenvalue weighted by atomic mass is 79.9. The van der Waals surface area contributed by atoms with E-state index < -0.39 is 0 Å². The van der Waals surface area contributed by atoms with Gasteiger partial charge in [0, 0.05) is 37.1 Å². The average Bonchev–Trinajstić information content (AvgIpc) is 3.10. The van der Waals surface area contributed by atoms with Crippen molar-refractivity contribution in [2.45, 2.75) is 19.4 Å². The second-order valence-corrected chi connectivity index (χ2v) is 7.53. The molecule has 0 N–H and O–H groups in total. The summed E-state index contributed by atoms with van der Waals surface area (Å²) in [6.07, 6.45) is 5.81. The lowest BCUT2D eigenvalue weighted by Crippen LogP contribution is -2.41. The fourth-order valence-electron chi connectivity index (χ4n) is 3.41. The maximum Gasteiger partial charge on any atom is 0.276 e. The van der Waals surface area contributed by atoms with Gasteiger partial charge in [0.1, 0.15) is 0 Å². The van der Waals surface area contributed by atoms with Crippen LogP contribution >= 0.6 is 15.9 Å². The minimum absolute atomic E-state index is 0.0812. The van der Waals surface area contributed by atoms with Crippen LogP contribution in [0.3, 0.4) is 0 Å². The van der Waals surface area contributed by atoms with Gasteiger partial charge in [0.25, 0.3) is 11.6 Å². The van der Waals surface area contributed by atoms with Gasteiger partial charge in [-0.2, -0.15) is 5.10 Å². The first-order valence-corrected chi connectivity index (χ1v) is 9.48. The fraction of sp³-hybridized carbons (Fsp3) is 0.211. The summed E-state index contributed by atoms with van der Waals surface area (Å²) in [6, 6.07) is 8.23. The number of hydrogen-bond donors (Lipinski definition) is 0. The molecule has 1 aromatic carbocycles. The van der Waals surface area contributed by atoms with Crippen molar-refractivity contribution in [1.82, 2.24) is 19.5 Å². The molecule has 0 spiro atoms. The summed E-state index contributed by atoms with van der Waals surface area (Å²) in [7, 11) is 0. The van der Waals surface area contributed by atoms with Crippen LogP contribution in [0.25, 0.3) is 11.2 Å². The Morgan fingerprint density at radius 2 is 2.14 bits per heavy atom. The lowest BCUT2D eigenvalue weighted by Gasteiger charge is -2.32. The number of rotatable bonds is 3. The molecule has 1 atom stereocenters. The highest BCUT2D eigenvalue weighted by Gasteiger charge is 2.29. The number of carbonyl (C=O) groups excluding carboxylic acids is 1. The van der Waals surface area contributed by atoms with Crippen LogP contribution in [0.15, 0.2) is 53.3 Å². The van der Waals surface area contributed by atoms with E-state index in [9.17, 15) is 14.9 Å². The molecular weight excluding hydrogens is 426 g/mol. The molecule has 2 aromatic heterocycles. The number of nitro benzene ring substituents is 1. The Labute approximate surface area is 168 Å². The molecule has 1 aliphatic rings. The van der Waals surface area contributed by atoms with Crippen molar-refractivity contribution in [3.8, 4) is 0 Å². The SMILES string of the molecule is CC1CC(c2ccccc2[N+](=O)[O-])=CCN1C(=O)c1cc2ncc(Br)cn2n1. The summed E-state index contributed by atoms with van der Waals surface area (Å²) in [4.78, 5) is 29.8. The van der Waals surface area contributed by atoms with Crippen LogP contribution < -0.4 is 0 Å². The van der Waals surface area contributed by atoms with Gasteiger partial charge >= 0.3 is 0 Å². The zero-order valence-corrected chi connectivity index (χ0v) is 16.5. The summed E-state index contributed by atoms with van der Waals surface area (Å²) >= 11 is 3.34. The number of benzene rings is 1. The van der Waals surface area contributed by atoms with Crippen molar-refractivity contribution in [2.24, 2.45) is 0 Å². The topological polar surface area (TPSA) is 93.6 Å². The second kappa shape index (κ2) is 7.16. The van der Waals surface area contributed by atoms with Crippen LogP contribution in [0.1, 0.15) is 29.4 Å². The molecule has 0 saturated carbocycles. The van der Waals surface area contributed by atoms with Crippen molar-refractivity contribution >= 4 is 38.7 Å². The molecule has 0 bridgehead atoms. The van der Waals surface area contributed by atoms with Crippen LogP contribution in [0, 0.1) is 10.1 Å². The Balaban J connectivity index is 1.61. The number of para-hydroxylation sites is 1. The van der Waals surface area contributed by atoms with Gasteiger partial charge in [-0.05, 0) is 40.9 Å². The quantitative estimate of drug-likeness (QED) is 0.455. The molecule has 3 heterocycles. The maximum absolute atomic E-state index is 13.0. The van der Waals surface area contributed by atoms with Crippen LogP contribution in [-0.2, 0) is 0 Å². The third kappa shape index (κ3) is 3.29. The minimum Gasteiger partial charge on any atom is -0.330 e. The Kier molecular flexibility index (Phi) is 4.68. The predicted molar refractivity (Wildman–Crippen MR) is 107 cm³/mol. The number of nitro groups is 1. The van der Waals surface area contributed by atoms with E-state index >= 15 is 0 Å². The molecule has 8 nitrogen and oxygen atoms in total. The van der Waals surface area contributed by atoms with Gasteiger partial charge in [-0.1, -0.05) is 18.2 Å². The minimum atomic E-state index is -0.375. The lowest BCUT2D eigenvalue weighted by molar-refractivity contribution is -0.385. The molecule has 1 amide bonds. The van der Waals surface area contributed by atoms with E-state index in [4.69, 9.17) is 0 Å². The first-order chi connectivity index (χ1) is 13.4. The molecule has 3 aromatic rings. The molecule has 0 aliphatic carbocycles. The van der Waals surface area contributed by atoms with E-state index in [-0.39, 0.29) is 22.6 Å². The third-order valence-corrected chi connectivity index (χ3v) is 5.20. The molecule has 1 unspecified atom stereocenters. The van der Waals surface area contributed by atoms with Gasteiger partial charge < -0.3 is 4.90 Å². The van der Waals surface area contributed by atoms with Crippen molar-refractivity contribution in [2.75, 3.05) is 6.54 Å². The molecule has 9 heteroatoms. The molecule has 0 saturated heterocycles. The number of fused-ring (bicyclic) bond motifs is 1. The fourth-order valence-corrected chi connectivity index (χ4v) is 3.71. The summed E-state index contributed by atoms with van der Waals surface area (Å²) in [5.74, 6) is -0.188. The molecule has 0 fully saturated rings. The smallest absolute Gasteiger partial charge is 0.276 e. The molecule has 4 rings (SSSR count). The van der Waals surface area contributed by atoms with Gasteiger partial charge in [0.15, 0.2) is 11.3 Å². The highest BCUT2D eigenvalue weighted by Crippen LogP contribution is 2.32. The average molecular weight is 442 g/mol. The van der Waals surface area contributed by atoms with Crippen LogP contribution in [0.2, 0.25) is 0 Å². The van der Waals surface area contributed by atoms with E-state index in [1.807, 2.05) is 13.0 Å². The summed E-state index contributed by atoms with van der Waals surface area (Å²) in [5.41, 5.74) is 2.47. The second-order valence-electron chi connectivity index (χ2n) is 6.62. The van der Waals surface area contributed by atoms with Gasteiger partial charge in [-0.15, -0.1) is 0 Å². The zero-order valence-electron chi connectivity index (χ0n) is 14.9. The highest BCUT2D eigenvalue weighted by molar-refractivity contribution is 9.10. The summed E-state index contributed by atoms with van der Waals surface area (Å²) in [5, 5.41) is 15.6. The number of aromatic nitrogens is 3. The van der Waals surface area contributed by atoms with Gasteiger partial charge in [-0.25, -0.2) is 9.50 Å². The van der Waals surface area contributed by atoms with Crippen molar-refractivity contribution in [3.05, 3.63) is 74.6 Å². The molecule has 142 valence electrons. The largest absolute Gasteiger partial charge is 0.330 e. The van der Waals surface area contributed by atoms with Crippen LogP contribution in [0.4, 0.5) is 5.69 Å². The Bertz CT molecular complexity index is 1120. The number of nitrogens with zero attached hydrogens (tertiary/aromatic N) is 5. The Hall–Kier alpha value is -3.07. The molecule has 1 aliphatic heterocycles. The van der Waals surface area contributed by atoms with Crippen LogP contribution in [-0.4, -0.2) is 42.9 Å². The summed E-state index contributed by atoms with van der Waals surface area (Å²) < 4.78 is 2.33.